The van der Waals surface area contributed by atoms with Crippen molar-refractivity contribution in [3.05, 3.63) is 164 Å². The first kappa shape index (κ1) is 20.5. The van der Waals surface area contributed by atoms with E-state index in [1.54, 1.807) is 4.57 Å². The summed E-state index contributed by atoms with van der Waals surface area (Å²) in [5.74, 6) is 0.438. The fourth-order valence-electron chi connectivity index (χ4n) is 7.07. The zero-order chi connectivity index (χ0) is 41.3. The van der Waals surface area contributed by atoms with Crippen LogP contribution >= 0.6 is 0 Å². The average Bonchev–Trinajstić information content (AvgIpc) is 3.96. The molecule has 0 unspecified atom stereocenters. The minimum Gasteiger partial charge on any atom is -0.456 e. The lowest BCUT2D eigenvalue weighted by Gasteiger charge is -2.10. The molecule has 0 saturated carbocycles. The van der Waals surface area contributed by atoms with Gasteiger partial charge in [-0.25, -0.2) is 4.98 Å². The molecule has 0 radical (unpaired) electrons. The van der Waals surface area contributed by atoms with Gasteiger partial charge >= 0.3 is 0 Å². The van der Waals surface area contributed by atoms with Crippen molar-refractivity contribution in [1.29, 1.82) is 0 Å². The van der Waals surface area contributed by atoms with Crippen LogP contribution in [-0.4, -0.2) is 24.1 Å². The Balaban J connectivity index is 1.33. The number of furan rings is 1. The number of rotatable bonds is 4. The second-order valence-electron chi connectivity index (χ2n) is 12.2. The molecule has 238 valence electrons. The number of fused-ring (bicyclic) bond motifs is 10. The van der Waals surface area contributed by atoms with E-state index in [2.05, 4.69) is 0 Å². The molecule has 0 atom stereocenters. The normalized spacial score (nSPS) is 14.4. The van der Waals surface area contributed by atoms with E-state index in [-0.39, 0.29) is 85.2 Å². The van der Waals surface area contributed by atoms with Crippen molar-refractivity contribution < 1.29 is 16.8 Å². The van der Waals surface area contributed by atoms with Crippen LogP contribution in [0.5, 0.6) is 0 Å². The van der Waals surface area contributed by atoms with E-state index >= 15 is 0 Å². The van der Waals surface area contributed by atoms with Crippen LogP contribution in [0, 0.1) is 0 Å². The fourth-order valence-corrected chi connectivity index (χ4v) is 7.07. The monoisotopic (exact) mass is 662 g/mol. The lowest BCUT2D eigenvalue weighted by molar-refractivity contribution is 0.669. The van der Waals surface area contributed by atoms with Crippen molar-refractivity contribution in [2.75, 3.05) is 0 Å². The topological polar surface area (TPSA) is 61.7 Å². The van der Waals surface area contributed by atoms with E-state index in [1.165, 1.54) is 4.57 Å². The first-order chi connectivity index (χ1) is 29.1. The van der Waals surface area contributed by atoms with Crippen molar-refractivity contribution in [3.8, 4) is 34.4 Å². The van der Waals surface area contributed by atoms with E-state index in [9.17, 15) is 9.60 Å². The highest BCUT2D eigenvalue weighted by Gasteiger charge is 2.22. The molecular weight excluding hydrogens is 627 g/mol. The maximum atomic E-state index is 9.64. The molecule has 0 N–H and O–H groups in total. The van der Waals surface area contributed by atoms with Gasteiger partial charge in [-0.3, -0.25) is 4.57 Å². The zero-order valence-electron chi connectivity index (χ0n) is 35.5. The number of hydrogen-bond acceptors (Lipinski definition) is 4. The van der Waals surface area contributed by atoms with Gasteiger partial charge in [-0.15, -0.1) is 0 Å². The summed E-state index contributed by atoms with van der Waals surface area (Å²) >= 11 is 0. The Morgan fingerprint density at radius 2 is 1.08 bits per heavy atom. The third-order valence-electron chi connectivity index (χ3n) is 9.28. The second-order valence-corrected chi connectivity index (χ2v) is 12.2. The van der Waals surface area contributed by atoms with Gasteiger partial charge in [-0.05, 0) is 42.3 Å². The predicted octanol–water partition coefficient (Wildman–Crippen LogP) is 11.3. The van der Waals surface area contributed by atoms with Gasteiger partial charge in [0.2, 0.25) is 5.95 Å². The van der Waals surface area contributed by atoms with Crippen molar-refractivity contribution in [3.63, 3.8) is 0 Å². The number of para-hydroxylation sites is 3. The van der Waals surface area contributed by atoms with Crippen LogP contribution in [0.25, 0.3) is 100.0 Å². The Kier molecular flexibility index (Phi) is 4.30. The third kappa shape index (κ3) is 4.14. The molecule has 0 spiro atoms. The molecule has 0 aliphatic heterocycles. The summed E-state index contributed by atoms with van der Waals surface area (Å²) in [6.07, 6.45) is 0. The van der Waals surface area contributed by atoms with Crippen molar-refractivity contribution in [1.82, 2.24) is 24.1 Å². The van der Waals surface area contributed by atoms with Crippen LogP contribution in [0.15, 0.2) is 168 Å². The van der Waals surface area contributed by atoms with Crippen LogP contribution in [0.3, 0.4) is 0 Å². The molecule has 4 aromatic heterocycles. The summed E-state index contributed by atoms with van der Waals surface area (Å²) < 4.78 is 93.3. The summed E-state index contributed by atoms with van der Waals surface area (Å²) in [5, 5.41) is 1.90. The average molecular weight is 663 g/mol. The van der Waals surface area contributed by atoms with Gasteiger partial charge in [0, 0.05) is 55.2 Å². The summed E-state index contributed by atoms with van der Waals surface area (Å²) in [5.41, 5.74) is 2.42. The van der Waals surface area contributed by atoms with E-state index in [0.29, 0.717) is 22.2 Å². The van der Waals surface area contributed by atoms with Crippen LogP contribution in [0.1, 0.15) is 12.3 Å². The molecule has 0 saturated heterocycles. The summed E-state index contributed by atoms with van der Waals surface area (Å²) in [6, 6.07) is 29.9. The lowest BCUT2D eigenvalue weighted by Crippen LogP contribution is -2.06. The molecule has 51 heavy (non-hydrogen) atoms. The molecular formula is C45H27N5O. The Hall–Kier alpha value is -7.05. The first-order valence-electron chi connectivity index (χ1n) is 20.8. The van der Waals surface area contributed by atoms with Gasteiger partial charge in [0.05, 0.1) is 34.4 Å². The SMILES string of the molecule is [2H]c1c(-n2c3ccccc3c3ccccc32)c([2H])c2oc3c([2H])c([2H])c4c(c5c([2H])c([2H])c([2H])c([2H])c5n4-c4nc(-c5ccccc5)nc(-c5ccccc5)n4)c3c2c1[2H]. The minimum atomic E-state index is -0.540. The quantitative estimate of drug-likeness (QED) is 0.188. The van der Waals surface area contributed by atoms with Gasteiger partial charge in [0.1, 0.15) is 11.2 Å². The van der Waals surface area contributed by atoms with Gasteiger partial charge in [-0.1, -0.05) is 115 Å². The smallest absolute Gasteiger partial charge is 0.238 e. The lowest BCUT2D eigenvalue weighted by atomic mass is 10.1. The van der Waals surface area contributed by atoms with Gasteiger partial charge < -0.3 is 8.98 Å². The van der Waals surface area contributed by atoms with Crippen molar-refractivity contribution in [2.24, 2.45) is 0 Å². The highest BCUT2D eigenvalue weighted by Crippen LogP contribution is 2.42. The number of aromatic nitrogens is 5. The Morgan fingerprint density at radius 3 is 1.76 bits per heavy atom. The molecule has 0 aliphatic rings. The Bertz CT molecular complexity index is 3550. The highest BCUT2D eigenvalue weighted by atomic mass is 16.3. The van der Waals surface area contributed by atoms with Gasteiger partial charge in [0.15, 0.2) is 11.6 Å². The molecule has 6 nitrogen and oxygen atoms in total. The van der Waals surface area contributed by atoms with E-state index in [4.69, 9.17) is 22.1 Å². The van der Waals surface area contributed by atoms with Crippen LogP contribution in [0.4, 0.5) is 0 Å². The molecule has 0 bridgehead atoms. The second kappa shape index (κ2) is 10.7. The standard InChI is InChI=1S/C45H27N5O/c1-3-13-28(14-4-1)43-46-44(29-15-5-2-6-16-29)48-45(47-43)50-37-22-12-9-19-33(37)41-38(50)25-26-39-42(41)34-24-23-30(27-40(34)51-39)49-35-20-10-7-17-31(35)32-18-8-11-21-36(32)49/h1-27H/i9D,12D,19D,22D,23D,24D,25D,26D,27D. The third-order valence-corrected chi connectivity index (χ3v) is 9.28. The summed E-state index contributed by atoms with van der Waals surface area (Å²) in [6.45, 7) is 0. The van der Waals surface area contributed by atoms with E-state index < -0.39 is 36.3 Å². The molecule has 7 aromatic carbocycles. The molecule has 11 rings (SSSR count). The Labute approximate surface area is 304 Å². The van der Waals surface area contributed by atoms with Crippen LogP contribution in [-0.2, 0) is 0 Å². The van der Waals surface area contributed by atoms with Crippen LogP contribution < -0.4 is 0 Å². The molecule has 0 fully saturated rings. The minimum absolute atomic E-state index is 0.0000688. The number of benzene rings is 7. The maximum absolute atomic E-state index is 9.64. The number of hydrogen-bond donors (Lipinski definition) is 0. The zero-order valence-corrected chi connectivity index (χ0v) is 26.5. The molecule has 6 heteroatoms. The predicted molar refractivity (Wildman–Crippen MR) is 207 cm³/mol. The fraction of sp³-hybridized carbons (Fsp3) is 0. The van der Waals surface area contributed by atoms with Crippen LogP contribution in [0.2, 0.25) is 0 Å². The van der Waals surface area contributed by atoms with Crippen molar-refractivity contribution in [2.45, 2.75) is 0 Å². The van der Waals surface area contributed by atoms with Crippen molar-refractivity contribution >= 4 is 65.6 Å². The van der Waals surface area contributed by atoms with E-state index in [0.717, 1.165) is 10.8 Å². The first-order valence-corrected chi connectivity index (χ1v) is 16.3. The van der Waals surface area contributed by atoms with E-state index in [1.807, 2.05) is 109 Å². The molecule has 11 aromatic rings. The highest BCUT2D eigenvalue weighted by molar-refractivity contribution is 6.27. The molecule has 0 amide bonds. The summed E-state index contributed by atoms with van der Waals surface area (Å²) in [4.78, 5) is 14.5. The Morgan fingerprint density at radius 1 is 0.451 bits per heavy atom. The van der Waals surface area contributed by atoms with Gasteiger partial charge in [0.25, 0.3) is 0 Å². The summed E-state index contributed by atoms with van der Waals surface area (Å²) in [7, 11) is 0. The largest absolute Gasteiger partial charge is 0.456 e. The maximum Gasteiger partial charge on any atom is 0.238 e. The molecule has 4 heterocycles. The van der Waals surface area contributed by atoms with Gasteiger partial charge in [-0.2, -0.15) is 9.97 Å². The number of nitrogens with zero attached hydrogens (tertiary/aromatic N) is 5. The molecule has 0 aliphatic carbocycles.